The highest BCUT2D eigenvalue weighted by Crippen LogP contribution is 2.16. The molecule has 0 amide bonds. The monoisotopic (exact) mass is 899 g/mol. The topological polar surface area (TPSA) is 78.9 Å². The van der Waals surface area contributed by atoms with E-state index in [2.05, 4.69) is 57.2 Å². The summed E-state index contributed by atoms with van der Waals surface area (Å²) in [5.74, 6) is -0.874. The van der Waals surface area contributed by atoms with E-state index in [1.807, 2.05) is 0 Å². The molecule has 0 aliphatic carbocycles. The van der Waals surface area contributed by atoms with Crippen LogP contribution in [0.1, 0.15) is 297 Å². The van der Waals surface area contributed by atoms with Crippen molar-refractivity contribution in [2.45, 2.75) is 303 Å². The smallest absolute Gasteiger partial charge is 0.306 e. The number of allylic oxidation sites excluding steroid dienone is 6. The Morgan fingerprint density at radius 1 is 0.312 bits per heavy atom. The largest absolute Gasteiger partial charge is 0.462 e. The molecule has 0 radical (unpaired) electrons. The number of unbranched alkanes of at least 4 members (excludes halogenated alkanes) is 34. The third-order valence-corrected chi connectivity index (χ3v) is 12.3. The third kappa shape index (κ3) is 50.6. The van der Waals surface area contributed by atoms with Gasteiger partial charge in [0.2, 0.25) is 0 Å². The lowest BCUT2D eigenvalue weighted by Crippen LogP contribution is -2.30. The summed E-state index contributed by atoms with van der Waals surface area (Å²) < 4.78 is 16.8. The lowest BCUT2D eigenvalue weighted by Gasteiger charge is -2.18. The van der Waals surface area contributed by atoms with Crippen LogP contribution in [0.3, 0.4) is 0 Å². The van der Waals surface area contributed by atoms with Crippen LogP contribution in [0.4, 0.5) is 0 Å². The van der Waals surface area contributed by atoms with Crippen molar-refractivity contribution in [3.8, 4) is 0 Å². The van der Waals surface area contributed by atoms with Crippen LogP contribution in [0.5, 0.6) is 0 Å². The molecule has 374 valence electrons. The Morgan fingerprint density at radius 2 is 0.594 bits per heavy atom. The Bertz CT molecular complexity index is 1080. The van der Waals surface area contributed by atoms with Crippen LogP contribution in [-0.4, -0.2) is 37.2 Å². The predicted octanol–water partition coefficient (Wildman–Crippen LogP) is 18.5. The van der Waals surface area contributed by atoms with Gasteiger partial charge in [0.05, 0.1) is 0 Å². The summed E-state index contributed by atoms with van der Waals surface area (Å²) in [6.07, 6.45) is 62.8. The highest BCUT2D eigenvalue weighted by atomic mass is 16.6. The van der Waals surface area contributed by atoms with Gasteiger partial charge in [-0.15, -0.1) is 0 Å². The van der Waals surface area contributed by atoms with E-state index in [4.69, 9.17) is 14.2 Å². The molecule has 0 aromatic carbocycles. The molecule has 6 heteroatoms. The Hall–Kier alpha value is -2.37. The summed E-state index contributed by atoms with van der Waals surface area (Å²) in [5, 5.41) is 0. The van der Waals surface area contributed by atoms with Gasteiger partial charge in [0.1, 0.15) is 13.2 Å². The zero-order chi connectivity index (χ0) is 46.5. The van der Waals surface area contributed by atoms with E-state index < -0.39 is 6.10 Å². The molecule has 0 bridgehead atoms. The number of ether oxygens (including phenoxy) is 3. The maximum Gasteiger partial charge on any atom is 0.306 e. The minimum Gasteiger partial charge on any atom is -0.462 e. The van der Waals surface area contributed by atoms with Crippen molar-refractivity contribution < 1.29 is 28.6 Å². The number of rotatable bonds is 51. The Kier molecular flexibility index (Phi) is 51.3. The molecule has 0 aliphatic rings. The average Bonchev–Trinajstić information content (AvgIpc) is 3.29. The van der Waals surface area contributed by atoms with Crippen molar-refractivity contribution in [1.82, 2.24) is 0 Å². The second kappa shape index (κ2) is 53.2. The Morgan fingerprint density at radius 3 is 0.938 bits per heavy atom. The van der Waals surface area contributed by atoms with Crippen LogP contribution >= 0.6 is 0 Å². The zero-order valence-electron chi connectivity index (χ0n) is 42.8. The summed E-state index contributed by atoms with van der Waals surface area (Å²) in [7, 11) is 0. The Balaban J connectivity index is 4.27. The zero-order valence-corrected chi connectivity index (χ0v) is 42.8. The number of carbonyl (C=O) groups excluding carboxylic acids is 3. The van der Waals surface area contributed by atoms with Gasteiger partial charge in [0.15, 0.2) is 6.10 Å². The van der Waals surface area contributed by atoms with Gasteiger partial charge < -0.3 is 14.2 Å². The van der Waals surface area contributed by atoms with Crippen LogP contribution in [0.25, 0.3) is 0 Å². The first-order chi connectivity index (χ1) is 31.5. The van der Waals surface area contributed by atoms with Gasteiger partial charge in [-0.3, -0.25) is 14.4 Å². The first-order valence-corrected chi connectivity index (χ1v) is 28.0. The van der Waals surface area contributed by atoms with Crippen LogP contribution in [-0.2, 0) is 28.6 Å². The molecule has 0 rings (SSSR count). The quantitative estimate of drug-likeness (QED) is 0.0262. The molecule has 1 unspecified atom stereocenters. The molecule has 0 aliphatic heterocycles. The lowest BCUT2D eigenvalue weighted by atomic mass is 10.0. The first-order valence-electron chi connectivity index (χ1n) is 28.0. The second-order valence-corrected chi connectivity index (χ2v) is 18.8. The molecule has 0 aromatic heterocycles. The normalized spacial score (nSPS) is 12.2. The van der Waals surface area contributed by atoms with Crippen molar-refractivity contribution in [1.29, 1.82) is 0 Å². The number of hydrogen-bond acceptors (Lipinski definition) is 6. The molecule has 0 N–H and O–H groups in total. The molecular formula is C58H106O6. The van der Waals surface area contributed by atoms with E-state index in [0.29, 0.717) is 19.3 Å². The fourth-order valence-electron chi connectivity index (χ4n) is 8.12. The lowest BCUT2D eigenvalue weighted by molar-refractivity contribution is -0.167. The number of esters is 3. The highest BCUT2D eigenvalue weighted by molar-refractivity contribution is 5.71. The Labute approximate surface area is 397 Å². The van der Waals surface area contributed by atoms with E-state index in [1.165, 1.54) is 180 Å². The second-order valence-electron chi connectivity index (χ2n) is 18.8. The van der Waals surface area contributed by atoms with E-state index in [1.54, 1.807) is 0 Å². The molecule has 0 saturated carbocycles. The van der Waals surface area contributed by atoms with Gasteiger partial charge in [-0.25, -0.2) is 0 Å². The standard InChI is InChI=1S/C58H106O6/c1-4-7-10-13-16-19-22-24-26-27-28-29-30-31-33-34-36-39-42-45-48-51-57(60)63-54-55(53-62-56(59)50-47-44-41-38-21-18-15-12-9-6-3)64-58(61)52-49-46-43-40-37-35-32-25-23-20-17-14-11-8-5-2/h12,15,22,24,27-28,55H,4-11,13-14,16-21,23,25-26,29-54H2,1-3H3/b15-12-,24-22-,28-27-. The van der Waals surface area contributed by atoms with Crippen molar-refractivity contribution >= 4 is 17.9 Å². The van der Waals surface area contributed by atoms with Crippen molar-refractivity contribution in [2.24, 2.45) is 0 Å². The van der Waals surface area contributed by atoms with Crippen LogP contribution in [0.15, 0.2) is 36.5 Å². The van der Waals surface area contributed by atoms with E-state index in [0.717, 1.165) is 77.0 Å². The summed E-state index contributed by atoms with van der Waals surface area (Å²) in [5.41, 5.74) is 0. The SMILES string of the molecule is CCC/C=C\CCCCCCCC(=O)OCC(COC(=O)CCCCCCCCCCC/C=C\C/C=C\CCCCCCC)OC(=O)CCCCCCCCCCCCCCCCC. The van der Waals surface area contributed by atoms with E-state index >= 15 is 0 Å². The molecule has 6 nitrogen and oxygen atoms in total. The van der Waals surface area contributed by atoms with Crippen molar-refractivity contribution in [3.63, 3.8) is 0 Å². The fraction of sp³-hybridized carbons (Fsp3) is 0.845. The summed E-state index contributed by atoms with van der Waals surface area (Å²) in [4.78, 5) is 38.0. The van der Waals surface area contributed by atoms with Crippen molar-refractivity contribution in [3.05, 3.63) is 36.5 Å². The molecule has 0 heterocycles. The molecule has 64 heavy (non-hydrogen) atoms. The summed E-state index contributed by atoms with van der Waals surface area (Å²) in [6.45, 7) is 6.59. The molecule has 0 fully saturated rings. The van der Waals surface area contributed by atoms with Gasteiger partial charge in [-0.1, -0.05) is 243 Å². The average molecular weight is 899 g/mol. The predicted molar refractivity (Wildman–Crippen MR) is 275 cm³/mol. The molecule has 1 atom stereocenters. The third-order valence-electron chi connectivity index (χ3n) is 12.3. The molecule has 0 saturated heterocycles. The summed E-state index contributed by atoms with van der Waals surface area (Å²) >= 11 is 0. The number of carbonyl (C=O) groups is 3. The van der Waals surface area contributed by atoms with Crippen LogP contribution in [0, 0.1) is 0 Å². The summed E-state index contributed by atoms with van der Waals surface area (Å²) in [6, 6.07) is 0. The fourth-order valence-corrected chi connectivity index (χ4v) is 8.12. The van der Waals surface area contributed by atoms with Crippen molar-refractivity contribution in [2.75, 3.05) is 13.2 Å². The minimum atomic E-state index is -0.773. The van der Waals surface area contributed by atoms with Crippen LogP contribution in [0.2, 0.25) is 0 Å². The maximum absolute atomic E-state index is 12.8. The minimum absolute atomic E-state index is 0.0739. The van der Waals surface area contributed by atoms with Gasteiger partial charge in [0.25, 0.3) is 0 Å². The van der Waals surface area contributed by atoms with Gasteiger partial charge in [-0.2, -0.15) is 0 Å². The highest BCUT2D eigenvalue weighted by Gasteiger charge is 2.19. The van der Waals surface area contributed by atoms with Crippen LogP contribution < -0.4 is 0 Å². The number of hydrogen-bond donors (Lipinski definition) is 0. The maximum atomic E-state index is 12.8. The molecule has 0 spiro atoms. The van der Waals surface area contributed by atoms with Gasteiger partial charge >= 0.3 is 17.9 Å². The molecule has 0 aromatic rings. The van der Waals surface area contributed by atoms with E-state index in [9.17, 15) is 14.4 Å². The van der Waals surface area contributed by atoms with E-state index in [-0.39, 0.29) is 31.1 Å². The molecular weight excluding hydrogens is 793 g/mol. The first kappa shape index (κ1) is 61.6. The van der Waals surface area contributed by atoms with Gasteiger partial charge in [-0.05, 0) is 70.6 Å². The van der Waals surface area contributed by atoms with Gasteiger partial charge in [0, 0.05) is 19.3 Å².